The lowest BCUT2D eigenvalue weighted by molar-refractivity contribution is 0.220. The Morgan fingerprint density at radius 1 is 1.11 bits per heavy atom. The van der Waals surface area contributed by atoms with Crippen LogP contribution in [0.3, 0.4) is 0 Å². The first-order valence-electron chi connectivity index (χ1n) is 7.94. The molecule has 0 heterocycles. The van der Waals surface area contributed by atoms with Crippen molar-refractivity contribution in [2.45, 2.75) is 64.3 Å². The van der Waals surface area contributed by atoms with Gasteiger partial charge < -0.3 is 5.73 Å². The topological polar surface area (TPSA) is 26.0 Å². The van der Waals surface area contributed by atoms with Crippen LogP contribution in [0.25, 0.3) is 0 Å². The smallest absolute Gasteiger partial charge is 0.0331 e. The third kappa shape index (κ3) is 2.33. The fourth-order valence-electron chi connectivity index (χ4n) is 4.14. The maximum atomic E-state index is 6.69. The molecular formula is C18H27N. The summed E-state index contributed by atoms with van der Waals surface area (Å²) in [5.74, 6) is 1.43. The van der Waals surface area contributed by atoms with Crippen molar-refractivity contribution in [1.29, 1.82) is 0 Å². The number of nitrogens with two attached hydrogens (primary N) is 1. The summed E-state index contributed by atoms with van der Waals surface area (Å²) in [5, 5.41) is 0. The summed E-state index contributed by atoms with van der Waals surface area (Å²) >= 11 is 0. The van der Waals surface area contributed by atoms with E-state index in [-0.39, 0.29) is 6.04 Å². The first-order valence-corrected chi connectivity index (χ1v) is 7.94. The largest absolute Gasteiger partial charge is 0.324 e. The number of rotatable bonds is 3. The van der Waals surface area contributed by atoms with Crippen LogP contribution in [0.4, 0.5) is 0 Å². The lowest BCUT2D eigenvalue weighted by Gasteiger charge is -2.35. The van der Waals surface area contributed by atoms with Crippen molar-refractivity contribution in [3.8, 4) is 0 Å². The molecule has 0 aromatic heterocycles. The molecule has 2 saturated carbocycles. The summed E-state index contributed by atoms with van der Waals surface area (Å²) in [6, 6.07) is 9.19. The maximum Gasteiger partial charge on any atom is 0.0331 e. The highest BCUT2D eigenvalue weighted by molar-refractivity contribution is 5.34. The van der Waals surface area contributed by atoms with Gasteiger partial charge in [0.1, 0.15) is 0 Å². The van der Waals surface area contributed by atoms with Gasteiger partial charge in [-0.25, -0.2) is 0 Å². The van der Waals surface area contributed by atoms with Crippen LogP contribution in [0.1, 0.15) is 75.5 Å². The molecule has 3 rings (SSSR count). The molecular weight excluding hydrogens is 230 g/mol. The van der Waals surface area contributed by atoms with Crippen molar-refractivity contribution in [1.82, 2.24) is 0 Å². The average molecular weight is 257 g/mol. The molecule has 1 heteroatoms. The molecule has 2 aliphatic carbocycles. The molecule has 104 valence electrons. The summed E-state index contributed by atoms with van der Waals surface area (Å²) in [4.78, 5) is 0. The highest BCUT2D eigenvalue weighted by atomic mass is 14.7. The quantitative estimate of drug-likeness (QED) is 0.828. The SMILES string of the molecule is CC1(C)CCCC1C(N)c1ccccc1C1CCC1. The molecule has 0 saturated heterocycles. The van der Waals surface area contributed by atoms with Gasteiger partial charge >= 0.3 is 0 Å². The van der Waals surface area contributed by atoms with Crippen LogP contribution in [0, 0.1) is 11.3 Å². The zero-order valence-electron chi connectivity index (χ0n) is 12.4. The van der Waals surface area contributed by atoms with Crippen LogP contribution < -0.4 is 5.73 Å². The Hall–Kier alpha value is -0.820. The molecule has 1 aromatic carbocycles. The minimum absolute atomic E-state index is 0.231. The van der Waals surface area contributed by atoms with Gasteiger partial charge in [-0.1, -0.05) is 51.0 Å². The average Bonchev–Trinajstić information content (AvgIpc) is 2.67. The fourth-order valence-corrected chi connectivity index (χ4v) is 4.14. The second kappa shape index (κ2) is 4.94. The molecule has 1 aromatic rings. The van der Waals surface area contributed by atoms with Crippen molar-refractivity contribution in [3.05, 3.63) is 35.4 Å². The van der Waals surface area contributed by atoms with Crippen molar-refractivity contribution in [3.63, 3.8) is 0 Å². The molecule has 0 aliphatic heterocycles. The molecule has 2 fully saturated rings. The van der Waals surface area contributed by atoms with Crippen LogP contribution in [0.2, 0.25) is 0 Å². The number of hydrogen-bond acceptors (Lipinski definition) is 1. The van der Waals surface area contributed by atoms with E-state index in [1.165, 1.54) is 44.1 Å². The van der Waals surface area contributed by atoms with Crippen LogP contribution in [0.15, 0.2) is 24.3 Å². The van der Waals surface area contributed by atoms with E-state index in [2.05, 4.69) is 38.1 Å². The standard InChI is InChI=1S/C18H27N/c1-18(2)12-6-11-16(18)17(19)15-10-4-3-9-14(15)13-7-5-8-13/h3-4,9-10,13,16-17H,5-8,11-12,19H2,1-2H3. The Kier molecular flexibility index (Phi) is 3.42. The van der Waals surface area contributed by atoms with Crippen molar-refractivity contribution in [2.75, 3.05) is 0 Å². The third-order valence-electron chi connectivity index (χ3n) is 5.67. The van der Waals surface area contributed by atoms with Gasteiger partial charge in [-0.05, 0) is 54.1 Å². The first kappa shape index (κ1) is 13.2. The maximum absolute atomic E-state index is 6.69. The molecule has 2 atom stereocenters. The van der Waals surface area contributed by atoms with Crippen LogP contribution in [-0.2, 0) is 0 Å². The number of benzene rings is 1. The molecule has 0 radical (unpaired) electrons. The van der Waals surface area contributed by atoms with E-state index in [1.807, 2.05) is 0 Å². The summed E-state index contributed by atoms with van der Waals surface area (Å²) in [6.45, 7) is 4.80. The van der Waals surface area contributed by atoms with Crippen molar-refractivity contribution >= 4 is 0 Å². The van der Waals surface area contributed by atoms with E-state index in [0.717, 1.165) is 5.92 Å². The Morgan fingerprint density at radius 2 is 1.84 bits per heavy atom. The summed E-state index contributed by atoms with van der Waals surface area (Å²) < 4.78 is 0. The zero-order chi connectivity index (χ0) is 13.5. The zero-order valence-corrected chi connectivity index (χ0v) is 12.4. The highest BCUT2D eigenvalue weighted by Crippen LogP contribution is 2.49. The normalized spacial score (nSPS) is 28.1. The summed E-state index contributed by atoms with van der Waals surface area (Å²) in [7, 11) is 0. The predicted molar refractivity (Wildman–Crippen MR) is 81.1 cm³/mol. The monoisotopic (exact) mass is 257 g/mol. The number of hydrogen-bond donors (Lipinski definition) is 1. The lowest BCUT2D eigenvalue weighted by Crippen LogP contribution is -2.31. The Bertz CT molecular complexity index is 445. The van der Waals surface area contributed by atoms with Crippen LogP contribution >= 0.6 is 0 Å². The van der Waals surface area contributed by atoms with Crippen molar-refractivity contribution < 1.29 is 0 Å². The molecule has 0 amide bonds. The summed E-state index contributed by atoms with van der Waals surface area (Å²) in [5.41, 5.74) is 10.1. The second-order valence-corrected chi connectivity index (χ2v) is 7.27. The molecule has 2 aliphatic rings. The minimum Gasteiger partial charge on any atom is -0.324 e. The van der Waals surface area contributed by atoms with Gasteiger partial charge in [-0.3, -0.25) is 0 Å². The fraction of sp³-hybridized carbons (Fsp3) is 0.667. The van der Waals surface area contributed by atoms with Gasteiger partial charge in [0.15, 0.2) is 0 Å². The summed E-state index contributed by atoms with van der Waals surface area (Å²) in [6.07, 6.45) is 8.08. The molecule has 2 N–H and O–H groups in total. The second-order valence-electron chi connectivity index (χ2n) is 7.27. The van der Waals surface area contributed by atoms with Gasteiger partial charge in [0.05, 0.1) is 0 Å². The predicted octanol–water partition coefficient (Wildman–Crippen LogP) is 4.78. The molecule has 0 spiro atoms. The van der Waals surface area contributed by atoms with E-state index in [0.29, 0.717) is 11.3 Å². The first-order chi connectivity index (χ1) is 9.09. The molecule has 0 bridgehead atoms. The van der Waals surface area contributed by atoms with Gasteiger partial charge in [0.2, 0.25) is 0 Å². The Morgan fingerprint density at radius 3 is 2.42 bits per heavy atom. The molecule has 19 heavy (non-hydrogen) atoms. The minimum atomic E-state index is 0.231. The van der Waals surface area contributed by atoms with E-state index in [1.54, 1.807) is 5.56 Å². The van der Waals surface area contributed by atoms with Crippen molar-refractivity contribution in [2.24, 2.45) is 17.1 Å². The van der Waals surface area contributed by atoms with Gasteiger partial charge in [-0.2, -0.15) is 0 Å². The van der Waals surface area contributed by atoms with E-state index < -0.39 is 0 Å². The molecule has 2 unspecified atom stereocenters. The Balaban J connectivity index is 1.89. The van der Waals surface area contributed by atoms with E-state index >= 15 is 0 Å². The van der Waals surface area contributed by atoms with Gasteiger partial charge in [0.25, 0.3) is 0 Å². The van der Waals surface area contributed by atoms with E-state index in [4.69, 9.17) is 5.73 Å². The van der Waals surface area contributed by atoms with Crippen LogP contribution in [0.5, 0.6) is 0 Å². The lowest BCUT2D eigenvalue weighted by atomic mass is 9.72. The Labute approximate surface area is 117 Å². The molecule has 1 nitrogen and oxygen atoms in total. The van der Waals surface area contributed by atoms with Gasteiger partial charge in [0, 0.05) is 6.04 Å². The van der Waals surface area contributed by atoms with Gasteiger partial charge in [-0.15, -0.1) is 0 Å². The van der Waals surface area contributed by atoms with E-state index in [9.17, 15) is 0 Å². The van der Waals surface area contributed by atoms with Crippen LogP contribution in [-0.4, -0.2) is 0 Å². The third-order valence-corrected chi connectivity index (χ3v) is 5.67. The highest BCUT2D eigenvalue weighted by Gasteiger charge is 2.39.